The maximum Gasteiger partial charge on any atom is 0.222 e. The largest absolute Gasteiger partial charge is 0.391 e. The Kier molecular flexibility index (Phi) is 9.25. The van der Waals surface area contributed by atoms with Gasteiger partial charge in [0, 0.05) is 39.0 Å². The number of hydrogen-bond donors (Lipinski definition) is 2. The number of rotatable bonds is 10. The number of amides is 1. The predicted molar refractivity (Wildman–Crippen MR) is 108 cm³/mol. The van der Waals surface area contributed by atoms with Gasteiger partial charge >= 0.3 is 0 Å². The van der Waals surface area contributed by atoms with Gasteiger partial charge in [-0.3, -0.25) is 9.69 Å². The third-order valence-corrected chi connectivity index (χ3v) is 5.33. The van der Waals surface area contributed by atoms with E-state index in [1.165, 1.54) is 5.56 Å². The van der Waals surface area contributed by atoms with E-state index >= 15 is 0 Å². The second-order valence-electron chi connectivity index (χ2n) is 7.61. The highest BCUT2D eigenvalue weighted by atomic mass is 16.3. The molecule has 1 saturated heterocycles. The number of aliphatic hydroxyl groups excluding tert-OH is 2. The molecule has 2 atom stereocenters. The summed E-state index contributed by atoms with van der Waals surface area (Å²) in [6, 6.07) is 8.33. The van der Waals surface area contributed by atoms with Crippen LogP contribution in [0, 0.1) is 6.92 Å². The number of piperazine rings is 1. The van der Waals surface area contributed by atoms with E-state index in [0.29, 0.717) is 19.3 Å². The molecule has 0 aromatic heterocycles. The molecule has 1 amide bonds. The van der Waals surface area contributed by atoms with E-state index in [2.05, 4.69) is 24.0 Å². The number of hydrogen-bond acceptors (Lipinski definition) is 4. The number of aryl methyl sites for hydroxylation is 1. The number of unbranched alkanes of at least 4 members (excludes halogenated alkanes) is 1. The molecule has 1 aromatic rings. The van der Waals surface area contributed by atoms with E-state index in [0.717, 1.165) is 57.5 Å². The lowest BCUT2D eigenvalue weighted by atomic mass is 10.0. The van der Waals surface area contributed by atoms with Crippen molar-refractivity contribution in [2.45, 2.75) is 57.7 Å². The van der Waals surface area contributed by atoms with Gasteiger partial charge in [0.2, 0.25) is 5.91 Å². The number of benzene rings is 1. The molecule has 1 radical (unpaired) electrons. The van der Waals surface area contributed by atoms with Crippen molar-refractivity contribution in [2.75, 3.05) is 32.7 Å². The van der Waals surface area contributed by atoms with E-state index in [1.54, 1.807) is 6.92 Å². The summed E-state index contributed by atoms with van der Waals surface area (Å²) in [5.74, 6) is 0.245. The molecule has 2 N–H and O–H groups in total. The maximum atomic E-state index is 11.9. The van der Waals surface area contributed by atoms with Crippen LogP contribution in [0.1, 0.15) is 43.7 Å². The Morgan fingerprint density at radius 3 is 2.30 bits per heavy atom. The fraction of sp³-hybridized carbons (Fsp3) is 0.636. The fourth-order valence-electron chi connectivity index (χ4n) is 3.45. The summed E-state index contributed by atoms with van der Waals surface area (Å²) in [7, 11) is 0. The quantitative estimate of drug-likeness (QED) is 0.615. The molecule has 2 unspecified atom stereocenters. The molecule has 1 aromatic carbocycles. The average Bonchev–Trinajstić information content (AvgIpc) is 2.67. The zero-order valence-electron chi connectivity index (χ0n) is 16.6. The molecule has 1 fully saturated rings. The minimum Gasteiger partial charge on any atom is -0.391 e. The van der Waals surface area contributed by atoms with E-state index in [1.807, 2.05) is 17.0 Å². The van der Waals surface area contributed by atoms with Crippen LogP contribution in [0.15, 0.2) is 24.3 Å². The molecule has 27 heavy (non-hydrogen) atoms. The normalized spacial score (nSPS) is 17.7. The van der Waals surface area contributed by atoms with Gasteiger partial charge in [0.1, 0.15) is 0 Å². The van der Waals surface area contributed by atoms with Gasteiger partial charge in [-0.1, -0.05) is 31.2 Å². The molecule has 1 aliphatic rings. The van der Waals surface area contributed by atoms with Crippen molar-refractivity contribution in [2.24, 2.45) is 0 Å². The molecular formula is C22H35N2O3. The monoisotopic (exact) mass is 375 g/mol. The third-order valence-electron chi connectivity index (χ3n) is 5.33. The Morgan fingerprint density at radius 1 is 1.07 bits per heavy atom. The molecule has 0 bridgehead atoms. The Balaban J connectivity index is 1.61. The predicted octanol–water partition coefficient (Wildman–Crippen LogP) is 2.05. The van der Waals surface area contributed by atoms with Crippen LogP contribution in [0.5, 0.6) is 0 Å². The van der Waals surface area contributed by atoms with Crippen molar-refractivity contribution in [3.05, 3.63) is 42.3 Å². The zero-order chi connectivity index (χ0) is 19.6. The van der Waals surface area contributed by atoms with Gasteiger partial charge in [-0.25, -0.2) is 0 Å². The van der Waals surface area contributed by atoms with E-state index < -0.39 is 12.2 Å². The second-order valence-corrected chi connectivity index (χ2v) is 7.61. The fourth-order valence-corrected chi connectivity index (χ4v) is 3.45. The summed E-state index contributed by atoms with van der Waals surface area (Å²) in [5.41, 5.74) is 2.37. The van der Waals surface area contributed by atoms with Crippen LogP contribution in [0.3, 0.4) is 0 Å². The minimum absolute atomic E-state index is 0.245. The van der Waals surface area contributed by atoms with Gasteiger partial charge in [-0.2, -0.15) is 0 Å². The van der Waals surface area contributed by atoms with Crippen molar-refractivity contribution < 1.29 is 15.0 Å². The van der Waals surface area contributed by atoms with Crippen molar-refractivity contribution in [1.29, 1.82) is 0 Å². The second kappa shape index (κ2) is 11.4. The highest BCUT2D eigenvalue weighted by molar-refractivity contribution is 5.76. The van der Waals surface area contributed by atoms with Crippen LogP contribution in [-0.2, 0) is 17.6 Å². The molecule has 5 heteroatoms. The molecule has 1 aliphatic heterocycles. The highest BCUT2D eigenvalue weighted by Gasteiger charge is 2.19. The van der Waals surface area contributed by atoms with E-state index in [9.17, 15) is 15.0 Å². The van der Waals surface area contributed by atoms with Crippen molar-refractivity contribution in [3.63, 3.8) is 0 Å². The SMILES string of the molecule is [CH2]CCC(=O)N1CCN(CCCCc2ccc(CC(O)C(C)O)cc2)CC1. The maximum absolute atomic E-state index is 11.9. The van der Waals surface area contributed by atoms with Crippen LogP contribution in [0.25, 0.3) is 0 Å². The number of carbonyl (C=O) groups is 1. The number of carbonyl (C=O) groups excluding carboxylic acids is 1. The van der Waals surface area contributed by atoms with Gasteiger partial charge in [0.05, 0.1) is 12.2 Å². The first-order chi connectivity index (χ1) is 13.0. The van der Waals surface area contributed by atoms with Crippen molar-refractivity contribution in [3.8, 4) is 0 Å². The third kappa shape index (κ3) is 7.60. The topological polar surface area (TPSA) is 64.0 Å². The molecule has 1 heterocycles. The number of aliphatic hydroxyl groups is 2. The number of nitrogens with zero attached hydrogens (tertiary/aromatic N) is 2. The smallest absolute Gasteiger partial charge is 0.222 e. The Labute approximate surface area is 164 Å². The van der Waals surface area contributed by atoms with Gasteiger partial charge in [-0.15, -0.1) is 0 Å². The van der Waals surface area contributed by atoms with Gasteiger partial charge < -0.3 is 15.1 Å². The molecule has 2 rings (SSSR count). The summed E-state index contributed by atoms with van der Waals surface area (Å²) in [6.07, 6.45) is 3.70. The highest BCUT2D eigenvalue weighted by Crippen LogP contribution is 2.12. The van der Waals surface area contributed by atoms with Crippen LogP contribution in [0.2, 0.25) is 0 Å². The van der Waals surface area contributed by atoms with E-state index in [4.69, 9.17) is 0 Å². The van der Waals surface area contributed by atoms with Gasteiger partial charge in [-0.05, 0) is 50.3 Å². The molecule has 0 saturated carbocycles. The van der Waals surface area contributed by atoms with Crippen LogP contribution < -0.4 is 0 Å². The Bertz CT molecular complexity index is 551. The van der Waals surface area contributed by atoms with Crippen molar-refractivity contribution in [1.82, 2.24) is 9.80 Å². The molecule has 151 valence electrons. The van der Waals surface area contributed by atoms with E-state index in [-0.39, 0.29) is 5.91 Å². The average molecular weight is 376 g/mol. The van der Waals surface area contributed by atoms with Crippen LogP contribution in [-0.4, -0.2) is 70.9 Å². The first-order valence-electron chi connectivity index (χ1n) is 10.2. The summed E-state index contributed by atoms with van der Waals surface area (Å²) >= 11 is 0. The van der Waals surface area contributed by atoms with Gasteiger partial charge in [0.25, 0.3) is 0 Å². The minimum atomic E-state index is -0.703. The summed E-state index contributed by atoms with van der Waals surface area (Å²) in [5, 5.41) is 19.1. The summed E-state index contributed by atoms with van der Waals surface area (Å²) < 4.78 is 0. The lowest BCUT2D eigenvalue weighted by Gasteiger charge is -2.34. The molecule has 5 nitrogen and oxygen atoms in total. The zero-order valence-corrected chi connectivity index (χ0v) is 16.6. The summed E-state index contributed by atoms with van der Waals surface area (Å²) in [4.78, 5) is 16.3. The summed E-state index contributed by atoms with van der Waals surface area (Å²) in [6.45, 7) is 10.1. The van der Waals surface area contributed by atoms with Crippen LogP contribution in [0.4, 0.5) is 0 Å². The molecule has 0 aliphatic carbocycles. The van der Waals surface area contributed by atoms with Gasteiger partial charge in [0.15, 0.2) is 0 Å². The lowest BCUT2D eigenvalue weighted by molar-refractivity contribution is -0.132. The van der Waals surface area contributed by atoms with Crippen LogP contribution >= 0.6 is 0 Å². The first-order valence-corrected chi connectivity index (χ1v) is 10.2. The Hall–Kier alpha value is -1.43. The standard InChI is InChI=1S/C22H35N2O3/c1-3-6-22(27)24-15-13-23(14-16-24)12-5-4-7-19-8-10-20(11-9-19)17-21(26)18(2)25/h8-11,18,21,25-26H,1,3-7,12-17H2,2H3. The van der Waals surface area contributed by atoms with Crippen molar-refractivity contribution >= 4 is 5.91 Å². The molecule has 0 spiro atoms. The lowest BCUT2D eigenvalue weighted by Crippen LogP contribution is -2.48. The Morgan fingerprint density at radius 2 is 1.70 bits per heavy atom. The molecular weight excluding hydrogens is 340 g/mol. The first kappa shape index (κ1) is 21.9.